The maximum atomic E-state index is 12.7. The minimum atomic E-state index is -0.713. The molecule has 0 bridgehead atoms. The number of hydrogen-bond donors (Lipinski definition) is 2. The van der Waals surface area contributed by atoms with E-state index in [1.165, 1.54) is 47.9 Å². The molecule has 0 radical (unpaired) electrons. The lowest BCUT2D eigenvalue weighted by Crippen LogP contribution is -2.45. The first-order chi connectivity index (χ1) is 15.0. The summed E-state index contributed by atoms with van der Waals surface area (Å²) >= 11 is 1.17. The Balaban J connectivity index is 1.98. The van der Waals surface area contributed by atoms with E-state index in [2.05, 4.69) is 5.32 Å². The molecule has 2 rings (SSSR count). The van der Waals surface area contributed by atoms with Crippen molar-refractivity contribution in [2.45, 2.75) is 50.7 Å². The Bertz CT molecular complexity index is 847. The summed E-state index contributed by atoms with van der Waals surface area (Å²) < 4.78 is 11.3. The van der Waals surface area contributed by atoms with E-state index in [9.17, 15) is 24.5 Å². The molecule has 1 aromatic rings. The number of hydrogen-bond acceptors (Lipinski definition) is 8. The van der Waals surface area contributed by atoms with Crippen molar-refractivity contribution in [3.63, 3.8) is 0 Å². The number of ether oxygens (including phenoxy) is 2. The Labute approximate surface area is 190 Å². The van der Waals surface area contributed by atoms with Crippen LogP contribution in [0.3, 0.4) is 0 Å². The van der Waals surface area contributed by atoms with Crippen molar-refractivity contribution in [1.29, 1.82) is 0 Å². The molecule has 0 aliphatic carbocycles. The van der Waals surface area contributed by atoms with Crippen LogP contribution in [0.25, 0.3) is 0 Å². The van der Waals surface area contributed by atoms with Crippen LogP contribution < -0.4 is 11.1 Å². The van der Waals surface area contributed by atoms with Crippen LogP contribution in [0.2, 0.25) is 0 Å². The fourth-order valence-electron chi connectivity index (χ4n) is 3.19. The summed E-state index contributed by atoms with van der Waals surface area (Å²) in [6.07, 6.45) is -0.00685. The molecule has 0 aromatic heterocycles. The van der Waals surface area contributed by atoms with Gasteiger partial charge in [0.2, 0.25) is 0 Å². The number of nitrogens with zero attached hydrogens (tertiary/aromatic N) is 2. The van der Waals surface area contributed by atoms with Gasteiger partial charge in [-0.1, -0.05) is 11.8 Å². The van der Waals surface area contributed by atoms with E-state index in [1.807, 2.05) is 0 Å². The number of nitrogens with two attached hydrogens (primary N) is 1. The summed E-state index contributed by atoms with van der Waals surface area (Å²) in [5.41, 5.74) is 4.96. The molecule has 1 aliphatic heterocycles. The number of urea groups is 1. The zero-order chi connectivity index (χ0) is 23.9. The van der Waals surface area contributed by atoms with Crippen molar-refractivity contribution in [1.82, 2.24) is 10.2 Å². The third-order valence-corrected chi connectivity index (χ3v) is 5.81. The number of non-ortho nitro benzene ring substituents is 1. The van der Waals surface area contributed by atoms with Crippen LogP contribution in [0.4, 0.5) is 15.3 Å². The lowest BCUT2D eigenvalue weighted by Gasteiger charge is -2.30. The lowest BCUT2D eigenvalue weighted by atomic mass is 10.1. The molecule has 2 atom stereocenters. The summed E-state index contributed by atoms with van der Waals surface area (Å²) in [5, 5.41) is 13.1. The molecule has 1 aliphatic rings. The molecule has 1 aromatic carbocycles. The Morgan fingerprint density at radius 3 is 2.53 bits per heavy atom. The normalized spacial score (nSPS) is 18.3. The van der Waals surface area contributed by atoms with Crippen LogP contribution in [0, 0.1) is 10.1 Å². The van der Waals surface area contributed by atoms with Gasteiger partial charge in [-0.05, 0) is 38.0 Å². The predicted molar refractivity (Wildman–Crippen MR) is 118 cm³/mol. The highest BCUT2D eigenvalue weighted by Gasteiger charge is 2.38. The predicted octanol–water partition coefficient (Wildman–Crippen LogP) is 2.42. The molecule has 1 saturated heterocycles. The van der Waals surface area contributed by atoms with Crippen molar-refractivity contribution in [3.8, 4) is 0 Å². The number of amides is 3. The fourth-order valence-corrected chi connectivity index (χ4v) is 4.21. The Morgan fingerprint density at radius 1 is 1.31 bits per heavy atom. The number of nitro groups is 1. The maximum Gasteiger partial charge on any atom is 0.410 e. The molecule has 12 heteroatoms. The van der Waals surface area contributed by atoms with Crippen LogP contribution in [0.5, 0.6) is 0 Å². The molecular weight excluding hydrogens is 440 g/mol. The fraction of sp³-hybridized carbons (Fsp3) is 0.550. The number of nitrogens with one attached hydrogen (secondary N) is 1. The van der Waals surface area contributed by atoms with Crippen molar-refractivity contribution in [3.05, 3.63) is 39.9 Å². The van der Waals surface area contributed by atoms with E-state index in [4.69, 9.17) is 15.2 Å². The van der Waals surface area contributed by atoms with E-state index in [-0.39, 0.29) is 41.9 Å². The van der Waals surface area contributed by atoms with E-state index >= 15 is 0 Å². The van der Waals surface area contributed by atoms with Gasteiger partial charge in [-0.2, -0.15) is 0 Å². The highest BCUT2D eigenvalue weighted by Crippen LogP contribution is 2.30. The number of primary amides is 1. The molecule has 0 spiro atoms. The lowest BCUT2D eigenvalue weighted by molar-refractivity contribution is -0.384. The Hall–Kier alpha value is -2.86. The molecule has 11 nitrogen and oxygen atoms in total. The Morgan fingerprint density at radius 2 is 1.97 bits per heavy atom. The maximum absolute atomic E-state index is 12.7. The average molecular weight is 469 g/mol. The first-order valence-corrected chi connectivity index (χ1v) is 10.9. The van der Waals surface area contributed by atoms with Gasteiger partial charge in [-0.15, -0.1) is 0 Å². The first-order valence-electron chi connectivity index (χ1n) is 9.98. The Kier molecular flexibility index (Phi) is 8.84. The molecule has 32 heavy (non-hydrogen) atoms. The number of rotatable bonds is 9. The van der Waals surface area contributed by atoms with Gasteiger partial charge in [0.25, 0.3) is 5.69 Å². The second-order valence-electron chi connectivity index (χ2n) is 8.04. The molecule has 3 N–H and O–H groups in total. The molecule has 0 unspecified atom stereocenters. The van der Waals surface area contributed by atoms with Gasteiger partial charge >= 0.3 is 12.1 Å². The largest absolute Gasteiger partial charge is 0.445 e. The van der Waals surface area contributed by atoms with Gasteiger partial charge in [0.05, 0.1) is 23.2 Å². The topological polar surface area (TPSA) is 154 Å². The van der Waals surface area contributed by atoms with Crippen LogP contribution in [0.1, 0.15) is 32.8 Å². The molecule has 176 valence electrons. The highest BCUT2D eigenvalue weighted by atomic mass is 32.2. The average Bonchev–Trinajstić information content (AvgIpc) is 3.11. The van der Waals surface area contributed by atoms with Crippen LogP contribution in [0.15, 0.2) is 24.3 Å². The van der Waals surface area contributed by atoms with Crippen molar-refractivity contribution in [2.75, 3.05) is 19.7 Å². The number of carbonyl (C=O) groups excluding carboxylic acids is 3. The van der Waals surface area contributed by atoms with Crippen LogP contribution in [-0.4, -0.2) is 63.7 Å². The SMILES string of the molecule is CC(=O)S[C@H]1C[C@@H](COC(C)(C)CNC(N)=O)N(C(=O)OCc2ccc([N+](=O)[O-])cc2)C1. The zero-order valence-electron chi connectivity index (χ0n) is 18.2. The highest BCUT2D eigenvalue weighted by molar-refractivity contribution is 8.14. The summed E-state index contributed by atoms with van der Waals surface area (Å²) in [6, 6.07) is 4.77. The quantitative estimate of drug-likeness (QED) is 0.414. The summed E-state index contributed by atoms with van der Waals surface area (Å²) in [7, 11) is 0. The number of thioether (sulfide) groups is 1. The minimum Gasteiger partial charge on any atom is -0.445 e. The second-order valence-corrected chi connectivity index (χ2v) is 9.52. The van der Waals surface area contributed by atoms with E-state index < -0.39 is 22.6 Å². The van der Waals surface area contributed by atoms with Crippen molar-refractivity contribution < 1.29 is 28.8 Å². The van der Waals surface area contributed by atoms with Gasteiger partial charge in [-0.3, -0.25) is 14.9 Å². The number of likely N-dealkylation sites (tertiary alicyclic amines) is 1. The van der Waals surface area contributed by atoms with E-state index in [0.29, 0.717) is 18.5 Å². The minimum absolute atomic E-state index is 0.0400. The summed E-state index contributed by atoms with van der Waals surface area (Å²) in [6.45, 7) is 5.73. The standard InChI is InChI=1S/C20H28N4O7S/c1-13(25)32-17-8-16(11-31-20(2,3)12-22-18(21)26)23(9-17)19(27)30-10-14-4-6-15(7-5-14)24(28)29/h4-7,16-17H,8-12H2,1-3H3,(H3,21,22,26)/t16-,17-/m0/s1. The molecule has 1 heterocycles. The second kappa shape index (κ2) is 11.1. The molecule has 3 amide bonds. The van der Waals surface area contributed by atoms with E-state index in [1.54, 1.807) is 13.8 Å². The summed E-state index contributed by atoms with van der Waals surface area (Å²) in [5.74, 6) is 0. The summed E-state index contributed by atoms with van der Waals surface area (Å²) in [4.78, 5) is 47.0. The third-order valence-electron chi connectivity index (χ3n) is 4.81. The molecule has 0 saturated carbocycles. The monoisotopic (exact) mass is 468 g/mol. The van der Waals surface area contributed by atoms with Gasteiger partial charge in [0.15, 0.2) is 5.12 Å². The number of carbonyl (C=O) groups is 3. The number of nitro benzene ring substituents is 1. The molecule has 1 fully saturated rings. The van der Waals surface area contributed by atoms with Gasteiger partial charge in [0, 0.05) is 37.4 Å². The first kappa shape index (κ1) is 25.4. The third kappa shape index (κ3) is 8.00. The van der Waals surface area contributed by atoms with Gasteiger partial charge in [0.1, 0.15) is 6.61 Å². The molecular formula is C20H28N4O7S. The van der Waals surface area contributed by atoms with E-state index in [0.717, 1.165) is 0 Å². The van der Waals surface area contributed by atoms with Gasteiger partial charge < -0.3 is 25.4 Å². The van der Waals surface area contributed by atoms with Crippen LogP contribution in [-0.2, 0) is 20.9 Å². The van der Waals surface area contributed by atoms with Crippen molar-refractivity contribution in [2.24, 2.45) is 5.73 Å². The van der Waals surface area contributed by atoms with Crippen molar-refractivity contribution >= 4 is 34.7 Å². The van der Waals surface area contributed by atoms with Crippen LogP contribution >= 0.6 is 11.8 Å². The number of benzene rings is 1. The smallest absolute Gasteiger partial charge is 0.410 e. The zero-order valence-corrected chi connectivity index (χ0v) is 19.1. The van der Waals surface area contributed by atoms with Gasteiger partial charge in [-0.25, -0.2) is 9.59 Å².